The van der Waals surface area contributed by atoms with Gasteiger partial charge in [-0.2, -0.15) is 0 Å². The third-order valence-corrected chi connectivity index (χ3v) is 4.70. The van der Waals surface area contributed by atoms with Gasteiger partial charge in [-0.25, -0.2) is 8.42 Å². The highest BCUT2D eigenvalue weighted by Crippen LogP contribution is 2.43. The van der Waals surface area contributed by atoms with Crippen molar-refractivity contribution in [2.24, 2.45) is 0 Å². The fourth-order valence-electron chi connectivity index (χ4n) is 1.27. The molecule has 0 amide bonds. The molecule has 0 radical (unpaired) electrons. The molecule has 0 aromatic heterocycles. The van der Waals surface area contributed by atoms with Crippen LogP contribution in [0.3, 0.4) is 0 Å². The van der Waals surface area contributed by atoms with Crippen molar-refractivity contribution in [3.05, 3.63) is 0 Å². The lowest BCUT2D eigenvalue weighted by Gasteiger charge is -2.12. The first-order chi connectivity index (χ1) is 6.02. The normalized spacial score (nSPS) is 20.2. The van der Waals surface area contributed by atoms with E-state index in [1.807, 2.05) is 0 Å². The first kappa shape index (κ1) is 11.0. The van der Waals surface area contributed by atoms with Gasteiger partial charge in [0, 0.05) is 12.9 Å². The maximum Gasteiger partial charge on any atom is 0.155 e. The highest BCUT2D eigenvalue weighted by Gasteiger charge is 2.52. The van der Waals surface area contributed by atoms with E-state index in [4.69, 9.17) is 4.74 Å². The summed E-state index contributed by atoms with van der Waals surface area (Å²) in [5.74, 6) is 0. The van der Waals surface area contributed by atoms with Gasteiger partial charge in [0.25, 0.3) is 0 Å². The van der Waals surface area contributed by atoms with E-state index in [1.54, 1.807) is 0 Å². The van der Waals surface area contributed by atoms with E-state index >= 15 is 0 Å². The van der Waals surface area contributed by atoms with E-state index in [2.05, 4.69) is 6.92 Å². The lowest BCUT2D eigenvalue weighted by Crippen LogP contribution is -2.27. The summed E-state index contributed by atoms with van der Waals surface area (Å²) >= 11 is 0. The van der Waals surface area contributed by atoms with E-state index in [-0.39, 0.29) is 0 Å². The van der Waals surface area contributed by atoms with Gasteiger partial charge in [0.1, 0.15) is 0 Å². The van der Waals surface area contributed by atoms with E-state index in [9.17, 15) is 8.42 Å². The molecular formula is C9H18O3S. The van der Waals surface area contributed by atoms with E-state index in [1.165, 1.54) is 6.26 Å². The summed E-state index contributed by atoms with van der Waals surface area (Å²) in [4.78, 5) is 0. The lowest BCUT2D eigenvalue weighted by molar-refractivity contribution is 0.127. The van der Waals surface area contributed by atoms with Gasteiger partial charge in [0.2, 0.25) is 0 Å². The Hall–Kier alpha value is -0.0900. The Morgan fingerprint density at radius 2 is 2.00 bits per heavy atom. The fraction of sp³-hybridized carbons (Fsp3) is 1.00. The van der Waals surface area contributed by atoms with Crippen LogP contribution in [0.5, 0.6) is 0 Å². The van der Waals surface area contributed by atoms with Crippen molar-refractivity contribution in [3.8, 4) is 0 Å². The summed E-state index contributed by atoms with van der Waals surface area (Å²) in [5.41, 5.74) is 0. The SMILES string of the molecule is CCCCOCC1(S(C)(=O)=O)CC1. The average Bonchev–Trinajstić information content (AvgIpc) is 2.77. The van der Waals surface area contributed by atoms with Crippen LogP contribution < -0.4 is 0 Å². The molecule has 4 heteroatoms. The Morgan fingerprint density at radius 1 is 1.38 bits per heavy atom. The van der Waals surface area contributed by atoms with Crippen LogP contribution in [0.1, 0.15) is 32.6 Å². The Kier molecular flexibility index (Phi) is 3.35. The Morgan fingerprint density at radius 3 is 2.38 bits per heavy atom. The number of ether oxygens (including phenoxy) is 1. The van der Waals surface area contributed by atoms with Crippen LogP contribution in [-0.2, 0) is 14.6 Å². The molecule has 13 heavy (non-hydrogen) atoms. The predicted octanol–water partition coefficient (Wildman–Crippen LogP) is 1.38. The Labute approximate surface area is 80.4 Å². The van der Waals surface area contributed by atoms with Crippen LogP contribution in [0.2, 0.25) is 0 Å². The molecule has 0 heterocycles. The minimum absolute atomic E-state index is 0.395. The Bertz CT molecular complexity index is 252. The molecule has 0 spiro atoms. The van der Waals surface area contributed by atoms with Gasteiger partial charge in [-0.1, -0.05) is 13.3 Å². The summed E-state index contributed by atoms with van der Waals surface area (Å²) in [7, 11) is -2.90. The zero-order valence-electron chi connectivity index (χ0n) is 8.38. The molecule has 1 aliphatic rings. The second-order valence-corrected chi connectivity index (χ2v) is 6.27. The summed E-state index contributed by atoms with van der Waals surface area (Å²) in [6.45, 7) is 3.17. The number of unbranched alkanes of at least 4 members (excludes halogenated alkanes) is 1. The van der Waals surface area contributed by atoms with Crippen LogP contribution >= 0.6 is 0 Å². The Balaban J connectivity index is 2.29. The number of rotatable bonds is 6. The second-order valence-electron chi connectivity index (χ2n) is 3.86. The molecule has 0 N–H and O–H groups in total. The predicted molar refractivity (Wildman–Crippen MR) is 52.5 cm³/mol. The van der Waals surface area contributed by atoms with Crippen molar-refractivity contribution in [3.63, 3.8) is 0 Å². The van der Waals surface area contributed by atoms with Crippen molar-refractivity contribution in [1.29, 1.82) is 0 Å². The topological polar surface area (TPSA) is 43.4 Å². The highest BCUT2D eigenvalue weighted by molar-refractivity contribution is 7.92. The molecule has 1 saturated carbocycles. The zero-order chi connectivity index (χ0) is 9.95. The number of hydrogen-bond acceptors (Lipinski definition) is 3. The number of hydrogen-bond donors (Lipinski definition) is 0. The van der Waals surface area contributed by atoms with Gasteiger partial charge in [0.05, 0.1) is 11.4 Å². The monoisotopic (exact) mass is 206 g/mol. The third-order valence-electron chi connectivity index (χ3n) is 2.60. The van der Waals surface area contributed by atoms with Gasteiger partial charge in [0.15, 0.2) is 9.84 Å². The summed E-state index contributed by atoms with van der Waals surface area (Å²) in [6, 6.07) is 0. The van der Waals surface area contributed by atoms with Crippen LogP contribution in [-0.4, -0.2) is 32.6 Å². The average molecular weight is 206 g/mol. The summed E-state index contributed by atoms with van der Waals surface area (Å²) < 4.78 is 27.4. The van der Waals surface area contributed by atoms with E-state index < -0.39 is 14.6 Å². The van der Waals surface area contributed by atoms with Crippen molar-refractivity contribution in [2.75, 3.05) is 19.5 Å². The largest absolute Gasteiger partial charge is 0.380 e. The van der Waals surface area contributed by atoms with Gasteiger partial charge in [-0.3, -0.25) is 0 Å². The first-order valence-electron chi connectivity index (χ1n) is 4.79. The van der Waals surface area contributed by atoms with Crippen molar-refractivity contribution < 1.29 is 13.2 Å². The quantitative estimate of drug-likeness (QED) is 0.617. The lowest BCUT2D eigenvalue weighted by atomic mass is 10.3. The minimum atomic E-state index is -2.90. The smallest absolute Gasteiger partial charge is 0.155 e. The second kappa shape index (κ2) is 3.96. The molecule has 0 unspecified atom stereocenters. The van der Waals surface area contributed by atoms with Crippen LogP contribution in [0.15, 0.2) is 0 Å². The van der Waals surface area contributed by atoms with Crippen molar-refractivity contribution in [2.45, 2.75) is 37.4 Å². The van der Waals surface area contributed by atoms with E-state index in [0.29, 0.717) is 13.2 Å². The van der Waals surface area contributed by atoms with Gasteiger partial charge < -0.3 is 4.74 Å². The molecule has 78 valence electrons. The molecule has 0 aromatic carbocycles. The van der Waals surface area contributed by atoms with Gasteiger partial charge >= 0.3 is 0 Å². The van der Waals surface area contributed by atoms with Gasteiger partial charge in [-0.05, 0) is 19.3 Å². The van der Waals surface area contributed by atoms with Crippen LogP contribution in [0, 0.1) is 0 Å². The number of sulfone groups is 1. The van der Waals surface area contributed by atoms with E-state index in [0.717, 1.165) is 25.7 Å². The molecule has 0 aromatic rings. The molecule has 0 atom stereocenters. The first-order valence-corrected chi connectivity index (χ1v) is 6.68. The summed E-state index contributed by atoms with van der Waals surface area (Å²) in [6.07, 6.45) is 4.96. The molecule has 1 aliphatic carbocycles. The zero-order valence-corrected chi connectivity index (χ0v) is 9.19. The molecular weight excluding hydrogens is 188 g/mol. The maximum absolute atomic E-state index is 11.3. The standard InChI is InChI=1S/C9H18O3S/c1-3-4-7-12-8-9(5-6-9)13(2,10)11/h3-8H2,1-2H3. The molecule has 1 fully saturated rings. The van der Waals surface area contributed by atoms with Crippen molar-refractivity contribution >= 4 is 9.84 Å². The van der Waals surface area contributed by atoms with Crippen LogP contribution in [0.4, 0.5) is 0 Å². The van der Waals surface area contributed by atoms with Gasteiger partial charge in [-0.15, -0.1) is 0 Å². The maximum atomic E-state index is 11.3. The third kappa shape index (κ3) is 2.68. The fourth-order valence-corrected chi connectivity index (χ4v) is 2.41. The molecule has 0 aliphatic heterocycles. The summed E-state index contributed by atoms with van der Waals surface area (Å²) in [5, 5.41) is 0. The molecule has 0 bridgehead atoms. The van der Waals surface area contributed by atoms with Crippen LogP contribution in [0.25, 0.3) is 0 Å². The molecule has 0 saturated heterocycles. The van der Waals surface area contributed by atoms with Crippen molar-refractivity contribution in [1.82, 2.24) is 0 Å². The molecule has 3 nitrogen and oxygen atoms in total. The molecule has 1 rings (SSSR count). The minimum Gasteiger partial charge on any atom is -0.380 e. The highest BCUT2D eigenvalue weighted by atomic mass is 32.2.